The normalized spacial score (nSPS) is 14.1. The van der Waals surface area contributed by atoms with Crippen LogP contribution in [0.3, 0.4) is 0 Å². The van der Waals surface area contributed by atoms with E-state index in [-0.39, 0.29) is 0 Å². The zero-order chi connectivity index (χ0) is 22.1. The SMILES string of the molecule is CCCCCCCCCCCCCCOC(=O)[C@H](C)NP(=O)(Cl)Oc1ccccc1. The molecule has 0 saturated carbocycles. The van der Waals surface area contributed by atoms with Crippen molar-refractivity contribution in [2.75, 3.05) is 6.61 Å². The van der Waals surface area contributed by atoms with Crippen molar-refractivity contribution in [3.63, 3.8) is 0 Å². The number of carbonyl (C=O) groups is 1. The van der Waals surface area contributed by atoms with E-state index in [9.17, 15) is 9.36 Å². The van der Waals surface area contributed by atoms with E-state index in [2.05, 4.69) is 12.0 Å². The van der Waals surface area contributed by atoms with Crippen LogP contribution in [0, 0.1) is 0 Å². The first-order valence-corrected chi connectivity index (χ1v) is 14.0. The number of ether oxygens (including phenoxy) is 1. The first kappa shape index (κ1) is 27.0. The van der Waals surface area contributed by atoms with Crippen LogP contribution >= 0.6 is 18.1 Å². The van der Waals surface area contributed by atoms with Gasteiger partial charge >= 0.3 is 12.8 Å². The van der Waals surface area contributed by atoms with E-state index in [4.69, 9.17) is 20.5 Å². The van der Waals surface area contributed by atoms with Gasteiger partial charge in [-0.1, -0.05) is 95.8 Å². The van der Waals surface area contributed by atoms with E-state index in [1.807, 2.05) is 6.07 Å². The van der Waals surface area contributed by atoms with E-state index in [1.54, 1.807) is 31.2 Å². The third kappa shape index (κ3) is 14.1. The maximum absolute atomic E-state index is 12.3. The molecule has 1 rings (SSSR count). The van der Waals surface area contributed by atoms with E-state index < -0.39 is 18.9 Å². The highest BCUT2D eigenvalue weighted by Gasteiger charge is 2.28. The van der Waals surface area contributed by atoms with Crippen LogP contribution in [-0.4, -0.2) is 18.6 Å². The van der Waals surface area contributed by atoms with Crippen LogP contribution in [0.1, 0.15) is 90.9 Å². The van der Waals surface area contributed by atoms with Gasteiger partial charge in [0.25, 0.3) is 0 Å². The van der Waals surface area contributed by atoms with Gasteiger partial charge in [0.05, 0.1) is 6.61 Å². The Bertz CT molecular complexity index is 614. The van der Waals surface area contributed by atoms with Crippen molar-refractivity contribution in [1.29, 1.82) is 0 Å². The molecule has 0 aliphatic rings. The molecular formula is C23H39ClNO4P. The summed E-state index contributed by atoms with van der Waals surface area (Å²) in [5.41, 5.74) is 0. The lowest BCUT2D eigenvalue weighted by molar-refractivity contribution is -0.145. The van der Waals surface area contributed by atoms with Crippen molar-refractivity contribution < 1.29 is 18.6 Å². The van der Waals surface area contributed by atoms with Gasteiger partial charge < -0.3 is 9.26 Å². The molecule has 0 aliphatic heterocycles. The van der Waals surface area contributed by atoms with E-state index >= 15 is 0 Å². The molecule has 0 saturated heterocycles. The second kappa shape index (κ2) is 16.6. The molecule has 0 amide bonds. The maximum atomic E-state index is 12.3. The highest BCUT2D eigenvalue weighted by atomic mass is 35.7. The molecule has 0 fully saturated rings. The highest BCUT2D eigenvalue weighted by molar-refractivity contribution is 7.84. The first-order chi connectivity index (χ1) is 14.4. The summed E-state index contributed by atoms with van der Waals surface area (Å²) in [4.78, 5) is 12.1. The number of esters is 1. The van der Waals surface area contributed by atoms with Gasteiger partial charge in [0, 0.05) is 11.2 Å². The predicted molar refractivity (Wildman–Crippen MR) is 125 cm³/mol. The van der Waals surface area contributed by atoms with Crippen molar-refractivity contribution in [2.45, 2.75) is 96.9 Å². The number of carbonyl (C=O) groups excluding carboxylic acids is 1. The van der Waals surface area contributed by atoms with Crippen molar-refractivity contribution in [1.82, 2.24) is 5.09 Å². The van der Waals surface area contributed by atoms with Crippen LogP contribution < -0.4 is 9.61 Å². The Morgan fingerprint density at radius 2 is 1.43 bits per heavy atom. The second-order valence-electron chi connectivity index (χ2n) is 7.79. The largest absolute Gasteiger partial charge is 0.465 e. The molecule has 5 nitrogen and oxygen atoms in total. The summed E-state index contributed by atoms with van der Waals surface area (Å²) in [5, 5.41) is 2.53. The predicted octanol–water partition coefficient (Wildman–Crippen LogP) is 7.63. The molecule has 0 aromatic heterocycles. The summed E-state index contributed by atoms with van der Waals surface area (Å²) in [5.74, 6) is -0.101. The summed E-state index contributed by atoms with van der Waals surface area (Å²) < 4.78 is 22.8. The summed E-state index contributed by atoms with van der Waals surface area (Å²) in [7, 11) is 0. The number of hydrogen-bond acceptors (Lipinski definition) is 4. The van der Waals surface area contributed by atoms with Crippen molar-refractivity contribution in [3.8, 4) is 5.75 Å². The summed E-state index contributed by atoms with van der Waals surface area (Å²) in [6.45, 7) is 0.507. The van der Waals surface area contributed by atoms with Crippen molar-refractivity contribution in [3.05, 3.63) is 30.3 Å². The maximum Gasteiger partial charge on any atom is 0.409 e. The molecule has 7 heteroatoms. The zero-order valence-corrected chi connectivity index (χ0v) is 20.3. The average Bonchev–Trinajstić information content (AvgIpc) is 2.71. The second-order valence-corrected chi connectivity index (χ2v) is 10.5. The van der Waals surface area contributed by atoms with Gasteiger partial charge in [0.2, 0.25) is 0 Å². The smallest absolute Gasteiger partial charge is 0.409 e. The Labute approximate surface area is 187 Å². The first-order valence-electron chi connectivity index (χ1n) is 11.4. The topological polar surface area (TPSA) is 64.6 Å². The van der Waals surface area contributed by atoms with Gasteiger partial charge in [-0.15, -0.1) is 0 Å². The van der Waals surface area contributed by atoms with E-state index in [0.717, 1.165) is 12.8 Å². The van der Waals surface area contributed by atoms with Crippen LogP contribution in [0.25, 0.3) is 0 Å². The lowest BCUT2D eigenvalue weighted by Gasteiger charge is -2.18. The molecule has 0 bridgehead atoms. The molecule has 1 N–H and O–H groups in total. The lowest BCUT2D eigenvalue weighted by Crippen LogP contribution is -2.33. The van der Waals surface area contributed by atoms with Gasteiger partial charge in [0.15, 0.2) is 0 Å². The highest BCUT2D eigenvalue weighted by Crippen LogP contribution is 2.48. The van der Waals surface area contributed by atoms with Gasteiger partial charge in [-0.2, -0.15) is 0 Å². The Hall–Kier alpha value is -1.03. The standard InChI is InChI=1S/C23H39ClNO4P/c1-3-4-5-6-7-8-9-10-11-12-13-17-20-28-23(26)21(2)25-30(24,27)29-22-18-15-14-16-19-22/h14-16,18-19,21H,3-13,17,20H2,1-2H3,(H,25,27)/t21-,30?/m0/s1. The third-order valence-electron chi connectivity index (χ3n) is 4.91. The van der Waals surface area contributed by atoms with E-state index in [1.165, 1.54) is 64.2 Å². The van der Waals surface area contributed by atoms with Gasteiger partial charge in [-0.05, 0) is 25.5 Å². The minimum Gasteiger partial charge on any atom is -0.465 e. The van der Waals surface area contributed by atoms with Crippen LogP contribution in [-0.2, 0) is 14.1 Å². The average molecular weight is 460 g/mol. The zero-order valence-electron chi connectivity index (χ0n) is 18.6. The fourth-order valence-corrected chi connectivity index (χ4v) is 4.86. The third-order valence-corrected chi connectivity index (χ3v) is 6.55. The Kier molecular flexibility index (Phi) is 15.0. The van der Waals surface area contributed by atoms with Gasteiger partial charge in [-0.3, -0.25) is 4.79 Å². The Balaban J connectivity index is 2.02. The molecule has 1 unspecified atom stereocenters. The molecule has 0 heterocycles. The number of benzene rings is 1. The Morgan fingerprint density at radius 1 is 0.933 bits per heavy atom. The summed E-state index contributed by atoms with van der Waals surface area (Å²) >= 11 is 5.91. The molecule has 0 spiro atoms. The number of para-hydroxylation sites is 1. The Morgan fingerprint density at radius 3 is 1.97 bits per heavy atom. The molecular weight excluding hydrogens is 421 g/mol. The number of unbranched alkanes of at least 4 members (excludes halogenated alkanes) is 11. The summed E-state index contributed by atoms with van der Waals surface area (Å²) in [6, 6.07) is 7.79. The number of rotatable bonds is 18. The molecule has 30 heavy (non-hydrogen) atoms. The number of halogens is 1. The molecule has 0 radical (unpaired) electrons. The lowest BCUT2D eigenvalue weighted by atomic mass is 10.1. The van der Waals surface area contributed by atoms with Crippen molar-refractivity contribution in [2.24, 2.45) is 0 Å². The monoisotopic (exact) mass is 459 g/mol. The quantitative estimate of drug-likeness (QED) is 0.139. The molecule has 1 aromatic carbocycles. The van der Waals surface area contributed by atoms with Gasteiger partial charge in [-0.25, -0.2) is 9.65 Å². The van der Waals surface area contributed by atoms with E-state index in [0.29, 0.717) is 12.4 Å². The fourth-order valence-electron chi connectivity index (χ4n) is 3.17. The van der Waals surface area contributed by atoms with Crippen LogP contribution in [0.4, 0.5) is 0 Å². The minimum atomic E-state index is -3.67. The number of nitrogens with one attached hydrogen (secondary N) is 1. The number of hydrogen-bond donors (Lipinski definition) is 1. The van der Waals surface area contributed by atoms with Crippen LogP contribution in [0.15, 0.2) is 30.3 Å². The van der Waals surface area contributed by atoms with Crippen LogP contribution in [0.5, 0.6) is 5.75 Å². The van der Waals surface area contributed by atoms with Gasteiger partial charge in [0.1, 0.15) is 11.8 Å². The molecule has 2 atom stereocenters. The molecule has 1 aromatic rings. The molecule has 0 aliphatic carbocycles. The minimum absolute atomic E-state index is 0.369. The summed E-state index contributed by atoms with van der Waals surface area (Å²) in [6.07, 6.45) is 15.1. The van der Waals surface area contributed by atoms with Crippen LogP contribution in [0.2, 0.25) is 0 Å². The molecule has 172 valence electrons. The fraction of sp³-hybridized carbons (Fsp3) is 0.696. The van der Waals surface area contributed by atoms with Crippen molar-refractivity contribution >= 4 is 24.1 Å².